The first-order chi connectivity index (χ1) is 9.90. The molecule has 0 N–H and O–H groups in total. The molecule has 1 amide bonds. The number of thiazole rings is 1. The van der Waals surface area contributed by atoms with E-state index in [2.05, 4.69) is 0 Å². The van der Waals surface area contributed by atoms with Crippen molar-refractivity contribution in [3.05, 3.63) is 55.6 Å². The van der Waals surface area contributed by atoms with Crippen LogP contribution in [0.2, 0.25) is 5.02 Å². The first-order valence-electron chi connectivity index (χ1n) is 6.56. The highest BCUT2D eigenvalue weighted by Gasteiger charge is 2.19. The van der Waals surface area contributed by atoms with Gasteiger partial charge in [-0.05, 0) is 31.5 Å². The van der Waals surface area contributed by atoms with Gasteiger partial charge in [0, 0.05) is 23.1 Å². The number of benzene rings is 1. The second-order valence-electron chi connectivity index (χ2n) is 4.96. The first kappa shape index (κ1) is 15.8. The standard InChI is InChI=1S/C15H17ClN2O2S/c1-10-9-21-15(20)18(10)8-14(19)17(3)11(2)12-4-6-13(16)7-5-12/h4-7,9,11H,8H2,1-3H3. The molecule has 0 spiro atoms. The molecule has 6 heteroatoms. The molecule has 1 atom stereocenters. The van der Waals surface area contributed by atoms with E-state index in [1.54, 1.807) is 29.5 Å². The lowest BCUT2D eigenvalue weighted by atomic mass is 10.1. The molecule has 0 fully saturated rings. The highest BCUT2D eigenvalue weighted by molar-refractivity contribution is 7.07. The summed E-state index contributed by atoms with van der Waals surface area (Å²) in [5.74, 6) is -0.0962. The lowest BCUT2D eigenvalue weighted by molar-refractivity contribution is -0.132. The Morgan fingerprint density at radius 3 is 2.52 bits per heavy atom. The molecule has 1 unspecified atom stereocenters. The number of carbonyl (C=O) groups is 1. The topological polar surface area (TPSA) is 42.3 Å². The van der Waals surface area contributed by atoms with Gasteiger partial charge >= 0.3 is 4.87 Å². The van der Waals surface area contributed by atoms with E-state index in [0.29, 0.717) is 5.02 Å². The third-order valence-electron chi connectivity index (χ3n) is 3.60. The number of likely N-dealkylation sites (N-methyl/N-ethyl adjacent to an activating group) is 1. The van der Waals surface area contributed by atoms with E-state index >= 15 is 0 Å². The van der Waals surface area contributed by atoms with Gasteiger partial charge < -0.3 is 4.90 Å². The van der Waals surface area contributed by atoms with Crippen LogP contribution in [0, 0.1) is 6.92 Å². The molecule has 0 aliphatic rings. The summed E-state index contributed by atoms with van der Waals surface area (Å²) >= 11 is 6.98. The quantitative estimate of drug-likeness (QED) is 0.867. The smallest absolute Gasteiger partial charge is 0.307 e. The largest absolute Gasteiger partial charge is 0.337 e. The average molecular weight is 325 g/mol. The second kappa shape index (κ2) is 6.45. The maximum absolute atomic E-state index is 12.3. The Morgan fingerprint density at radius 2 is 2.00 bits per heavy atom. The highest BCUT2D eigenvalue weighted by Crippen LogP contribution is 2.21. The molecular weight excluding hydrogens is 308 g/mol. The molecule has 2 rings (SSSR count). The Hall–Kier alpha value is -1.59. The van der Waals surface area contributed by atoms with Gasteiger partial charge in [-0.2, -0.15) is 0 Å². The summed E-state index contributed by atoms with van der Waals surface area (Å²) in [6, 6.07) is 7.33. The number of rotatable bonds is 4. The molecule has 4 nitrogen and oxygen atoms in total. The van der Waals surface area contributed by atoms with Crippen molar-refractivity contribution >= 4 is 28.8 Å². The van der Waals surface area contributed by atoms with Crippen molar-refractivity contribution in [1.82, 2.24) is 9.47 Å². The number of aryl methyl sites for hydroxylation is 1. The van der Waals surface area contributed by atoms with Crippen LogP contribution in [0.1, 0.15) is 24.2 Å². The summed E-state index contributed by atoms with van der Waals surface area (Å²) in [6.45, 7) is 3.85. The minimum Gasteiger partial charge on any atom is -0.337 e. The lowest BCUT2D eigenvalue weighted by Crippen LogP contribution is -2.34. The number of nitrogens with zero attached hydrogens (tertiary/aromatic N) is 2. The van der Waals surface area contributed by atoms with Gasteiger partial charge in [-0.1, -0.05) is 35.1 Å². The van der Waals surface area contributed by atoms with Crippen molar-refractivity contribution in [2.45, 2.75) is 26.4 Å². The van der Waals surface area contributed by atoms with E-state index in [1.807, 2.05) is 26.0 Å². The summed E-state index contributed by atoms with van der Waals surface area (Å²) in [5.41, 5.74) is 1.82. The fraction of sp³-hybridized carbons (Fsp3) is 0.333. The molecule has 0 aliphatic heterocycles. The molecule has 0 saturated heterocycles. The Labute approximate surface area is 132 Å². The summed E-state index contributed by atoms with van der Waals surface area (Å²) < 4.78 is 1.50. The van der Waals surface area contributed by atoms with Crippen LogP contribution in [0.3, 0.4) is 0 Å². The fourth-order valence-electron chi connectivity index (χ4n) is 2.02. The van der Waals surface area contributed by atoms with E-state index < -0.39 is 0 Å². The van der Waals surface area contributed by atoms with Gasteiger partial charge in [-0.3, -0.25) is 14.2 Å². The molecule has 112 valence electrons. The minimum atomic E-state index is -0.103. The normalized spacial score (nSPS) is 12.2. The van der Waals surface area contributed by atoms with Gasteiger partial charge in [0.1, 0.15) is 6.54 Å². The van der Waals surface area contributed by atoms with Crippen LogP contribution in [-0.4, -0.2) is 22.4 Å². The fourth-order valence-corrected chi connectivity index (χ4v) is 2.88. The zero-order valence-corrected chi connectivity index (χ0v) is 13.7. The van der Waals surface area contributed by atoms with Crippen molar-refractivity contribution in [2.24, 2.45) is 0 Å². The van der Waals surface area contributed by atoms with Crippen molar-refractivity contribution in [3.63, 3.8) is 0 Å². The van der Waals surface area contributed by atoms with E-state index in [4.69, 9.17) is 11.6 Å². The second-order valence-corrected chi connectivity index (χ2v) is 6.22. The summed E-state index contributed by atoms with van der Waals surface area (Å²) in [6.07, 6.45) is 0. The van der Waals surface area contributed by atoms with E-state index in [9.17, 15) is 9.59 Å². The molecule has 1 aromatic heterocycles. The van der Waals surface area contributed by atoms with Crippen molar-refractivity contribution in [3.8, 4) is 0 Å². The summed E-state index contributed by atoms with van der Waals surface area (Å²) in [5, 5.41) is 2.43. The highest BCUT2D eigenvalue weighted by atomic mass is 35.5. The van der Waals surface area contributed by atoms with Crippen LogP contribution in [0.25, 0.3) is 0 Å². The summed E-state index contributed by atoms with van der Waals surface area (Å²) in [4.78, 5) is 25.6. The van der Waals surface area contributed by atoms with Crippen LogP contribution < -0.4 is 4.87 Å². The number of carbonyl (C=O) groups excluding carboxylic acids is 1. The van der Waals surface area contributed by atoms with Crippen LogP contribution >= 0.6 is 22.9 Å². The van der Waals surface area contributed by atoms with E-state index in [-0.39, 0.29) is 23.4 Å². The number of hydrogen-bond acceptors (Lipinski definition) is 3. The maximum atomic E-state index is 12.3. The van der Waals surface area contributed by atoms with Crippen molar-refractivity contribution < 1.29 is 4.79 Å². The summed E-state index contributed by atoms with van der Waals surface area (Å²) in [7, 11) is 1.74. The molecule has 1 heterocycles. The van der Waals surface area contributed by atoms with Gasteiger partial charge in [0.25, 0.3) is 0 Å². The van der Waals surface area contributed by atoms with Crippen LogP contribution in [-0.2, 0) is 11.3 Å². The zero-order valence-electron chi connectivity index (χ0n) is 12.2. The van der Waals surface area contributed by atoms with Crippen LogP contribution in [0.4, 0.5) is 0 Å². The Balaban J connectivity index is 2.12. The molecule has 2 aromatic rings. The SMILES string of the molecule is Cc1csc(=O)n1CC(=O)N(C)C(C)c1ccc(Cl)cc1. The third-order valence-corrected chi connectivity index (χ3v) is 4.73. The predicted octanol–water partition coefficient (Wildman–Crippen LogP) is 3.09. The van der Waals surface area contributed by atoms with Crippen LogP contribution in [0.15, 0.2) is 34.4 Å². The third kappa shape index (κ3) is 3.54. The minimum absolute atomic E-state index is 0.0720. The lowest BCUT2D eigenvalue weighted by Gasteiger charge is -2.25. The molecule has 0 aliphatic carbocycles. The van der Waals surface area contributed by atoms with E-state index in [1.165, 1.54) is 4.57 Å². The van der Waals surface area contributed by atoms with Gasteiger partial charge in [0.15, 0.2) is 0 Å². The molecule has 0 radical (unpaired) electrons. The first-order valence-corrected chi connectivity index (χ1v) is 7.82. The molecule has 0 bridgehead atoms. The molecule has 0 saturated carbocycles. The number of halogens is 1. The Kier molecular flexibility index (Phi) is 4.85. The monoisotopic (exact) mass is 324 g/mol. The molecule has 21 heavy (non-hydrogen) atoms. The van der Waals surface area contributed by atoms with E-state index in [0.717, 1.165) is 22.6 Å². The van der Waals surface area contributed by atoms with Crippen molar-refractivity contribution in [1.29, 1.82) is 0 Å². The average Bonchev–Trinajstić information content (AvgIpc) is 2.78. The number of amides is 1. The Morgan fingerprint density at radius 1 is 1.38 bits per heavy atom. The van der Waals surface area contributed by atoms with Gasteiger partial charge in [-0.15, -0.1) is 0 Å². The number of hydrogen-bond donors (Lipinski definition) is 0. The van der Waals surface area contributed by atoms with Gasteiger partial charge in [0.05, 0.1) is 6.04 Å². The zero-order chi connectivity index (χ0) is 15.6. The van der Waals surface area contributed by atoms with Crippen LogP contribution in [0.5, 0.6) is 0 Å². The number of aromatic nitrogens is 1. The van der Waals surface area contributed by atoms with Gasteiger partial charge in [-0.25, -0.2) is 0 Å². The Bertz CT molecular complexity index is 690. The van der Waals surface area contributed by atoms with Crippen molar-refractivity contribution in [2.75, 3.05) is 7.05 Å². The maximum Gasteiger partial charge on any atom is 0.307 e. The molecule has 1 aromatic carbocycles. The van der Waals surface area contributed by atoms with Gasteiger partial charge in [0.2, 0.25) is 5.91 Å². The predicted molar refractivity (Wildman–Crippen MR) is 86.0 cm³/mol. The molecular formula is C15H17ClN2O2S.